The molecule has 1 saturated carbocycles. The Labute approximate surface area is 75.9 Å². The van der Waals surface area contributed by atoms with Gasteiger partial charge in [-0.3, -0.25) is 11.3 Å². The molecule has 0 aliphatic heterocycles. The molecule has 1 unspecified atom stereocenters. The number of hydrazine groups is 1. The maximum Gasteiger partial charge on any atom is 0.0238 e. The van der Waals surface area contributed by atoms with E-state index in [1.54, 1.807) is 0 Å². The second kappa shape index (κ2) is 5.55. The summed E-state index contributed by atoms with van der Waals surface area (Å²) in [5.41, 5.74) is 2.98. The molecule has 1 atom stereocenters. The minimum absolute atomic E-state index is 0.590. The molecular formula is C10H22N2. The highest BCUT2D eigenvalue weighted by atomic mass is 15.2. The van der Waals surface area contributed by atoms with Crippen LogP contribution in [0.4, 0.5) is 0 Å². The van der Waals surface area contributed by atoms with Crippen LogP contribution in [0.1, 0.15) is 51.9 Å². The number of hydrogen-bond donors (Lipinski definition) is 2. The SMILES string of the molecule is CCCCC(NN)C1CCCC1. The van der Waals surface area contributed by atoms with Gasteiger partial charge in [0.2, 0.25) is 0 Å². The van der Waals surface area contributed by atoms with E-state index in [0.29, 0.717) is 6.04 Å². The first kappa shape index (κ1) is 10.0. The Hall–Kier alpha value is -0.0800. The van der Waals surface area contributed by atoms with E-state index < -0.39 is 0 Å². The van der Waals surface area contributed by atoms with Crippen molar-refractivity contribution in [2.24, 2.45) is 11.8 Å². The lowest BCUT2D eigenvalue weighted by atomic mass is 9.94. The second-order valence-electron chi connectivity index (χ2n) is 3.96. The van der Waals surface area contributed by atoms with Crippen molar-refractivity contribution in [3.05, 3.63) is 0 Å². The first-order chi connectivity index (χ1) is 5.88. The molecule has 1 rings (SSSR count). The lowest BCUT2D eigenvalue weighted by Gasteiger charge is -2.21. The Balaban J connectivity index is 2.22. The maximum atomic E-state index is 5.54. The zero-order valence-electron chi connectivity index (χ0n) is 8.18. The van der Waals surface area contributed by atoms with Crippen molar-refractivity contribution in [3.63, 3.8) is 0 Å². The van der Waals surface area contributed by atoms with Crippen LogP contribution in [-0.4, -0.2) is 6.04 Å². The smallest absolute Gasteiger partial charge is 0.0238 e. The molecule has 1 aliphatic rings. The molecule has 2 nitrogen and oxygen atoms in total. The normalized spacial score (nSPS) is 21.5. The zero-order chi connectivity index (χ0) is 8.81. The number of nitrogens with one attached hydrogen (secondary N) is 1. The van der Waals surface area contributed by atoms with E-state index in [1.165, 1.54) is 44.9 Å². The van der Waals surface area contributed by atoms with Crippen LogP contribution in [0.15, 0.2) is 0 Å². The van der Waals surface area contributed by atoms with Gasteiger partial charge in [0.25, 0.3) is 0 Å². The van der Waals surface area contributed by atoms with Gasteiger partial charge in [-0.1, -0.05) is 32.6 Å². The third-order valence-electron chi connectivity index (χ3n) is 3.05. The fraction of sp³-hybridized carbons (Fsp3) is 1.00. The summed E-state index contributed by atoms with van der Waals surface area (Å²) in [7, 11) is 0. The number of hydrogen-bond acceptors (Lipinski definition) is 2. The molecule has 12 heavy (non-hydrogen) atoms. The van der Waals surface area contributed by atoms with Crippen molar-refractivity contribution in [2.45, 2.75) is 57.9 Å². The van der Waals surface area contributed by atoms with E-state index in [2.05, 4.69) is 12.3 Å². The van der Waals surface area contributed by atoms with Crippen molar-refractivity contribution >= 4 is 0 Å². The van der Waals surface area contributed by atoms with E-state index in [9.17, 15) is 0 Å². The van der Waals surface area contributed by atoms with Gasteiger partial charge < -0.3 is 0 Å². The van der Waals surface area contributed by atoms with Crippen LogP contribution >= 0.6 is 0 Å². The highest BCUT2D eigenvalue weighted by molar-refractivity contribution is 4.78. The van der Waals surface area contributed by atoms with Crippen molar-refractivity contribution in [2.75, 3.05) is 0 Å². The fourth-order valence-electron chi connectivity index (χ4n) is 2.24. The molecule has 1 aliphatic carbocycles. The van der Waals surface area contributed by atoms with Crippen LogP contribution in [0.3, 0.4) is 0 Å². The summed E-state index contributed by atoms with van der Waals surface area (Å²) in [6, 6.07) is 0.590. The first-order valence-electron chi connectivity index (χ1n) is 5.34. The molecule has 0 amide bonds. The van der Waals surface area contributed by atoms with E-state index in [4.69, 9.17) is 5.84 Å². The molecule has 0 spiro atoms. The average Bonchev–Trinajstić information content (AvgIpc) is 2.59. The molecular weight excluding hydrogens is 148 g/mol. The molecule has 0 heterocycles. The Kier molecular flexibility index (Phi) is 4.62. The molecule has 72 valence electrons. The van der Waals surface area contributed by atoms with Crippen molar-refractivity contribution < 1.29 is 0 Å². The van der Waals surface area contributed by atoms with E-state index in [1.807, 2.05) is 0 Å². The van der Waals surface area contributed by atoms with Gasteiger partial charge in [0.15, 0.2) is 0 Å². The molecule has 0 bridgehead atoms. The molecule has 1 fully saturated rings. The Morgan fingerprint density at radius 3 is 2.58 bits per heavy atom. The van der Waals surface area contributed by atoms with Gasteiger partial charge in [-0.05, 0) is 25.2 Å². The summed E-state index contributed by atoms with van der Waals surface area (Å²) >= 11 is 0. The lowest BCUT2D eigenvalue weighted by Crippen LogP contribution is -2.39. The summed E-state index contributed by atoms with van der Waals surface area (Å²) in [5, 5.41) is 0. The van der Waals surface area contributed by atoms with Crippen molar-refractivity contribution in [1.29, 1.82) is 0 Å². The highest BCUT2D eigenvalue weighted by Crippen LogP contribution is 2.29. The molecule has 2 heteroatoms. The zero-order valence-corrected chi connectivity index (χ0v) is 8.18. The van der Waals surface area contributed by atoms with Gasteiger partial charge in [-0.2, -0.15) is 0 Å². The van der Waals surface area contributed by atoms with Gasteiger partial charge in [0.1, 0.15) is 0 Å². The molecule has 0 radical (unpaired) electrons. The second-order valence-corrected chi connectivity index (χ2v) is 3.96. The minimum atomic E-state index is 0.590. The van der Waals surface area contributed by atoms with Crippen LogP contribution in [-0.2, 0) is 0 Å². The van der Waals surface area contributed by atoms with Crippen LogP contribution < -0.4 is 11.3 Å². The van der Waals surface area contributed by atoms with E-state index in [0.717, 1.165) is 5.92 Å². The van der Waals surface area contributed by atoms with Crippen LogP contribution in [0.5, 0.6) is 0 Å². The predicted molar refractivity (Wildman–Crippen MR) is 52.6 cm³/mol. The summed E-state index contributed by atoms with van der Waals surface area (Å²) < 4.78 is 0. The number of unbranched alkanes of at least 4 members (excludes halogenated alkanes) is 1. The Bertz CT molecular complexity index is 108. The molecule has 3 N–H and O–H groups in total. The number of nitrogens with two attached hydrogens (primary N) is 1. The van der Waals surface area contributed by atoms with Crippen molar-refractivity contribution in [3.8, 4) is 0 Å². The van der Waals surface area contributed by atoms with Gasteiger partial charge in [0, 0.05) is 6.04 Å². The molecule has 0 aromatic heterocycles. The highest BCUT2D eigenvalue weighted by Gasteiger charge is 2.23. The van der Waals surface area contributed by atoms with Crippen LogP contribution in [0, 0.1) is 5.92 Å². The average molecular weight is 170 g/mol. The summed E-state index contributed by atoms with van der Waals surface area (Å²) in [6.07, 6.45) is 9.45. The third-order valence-corrected chi connectivity index (χ3v) is 3.05. The van der Waals surface area contributed by atoms with Gasteiger partial charge in [-0.15, -0.1) is 0 Å². The first-order valence-corrected chi connectivity index (χ1v) is 5.34. The van der Waals surface area contributed by atoms with Crippen molar-refractivity contribution in [1.82, 2.24) is 5.43 Å². The summed E-state index contributed by atoms with van der Waals surface area (Å²) in [5.74, 6) is 6.41. The van der Waals surface area contributed by atoms with Gasteiger partial charge in [0.05, 0.1) is 0 Å². The topological polar surface area (TPSA) is 38.0 Å². The number of rotatable bonds is 5. The maximum absolute atomic E-state index is 5.54. The van der Waals surface area contributed by atoms with E-state index >= 15 is 0 Å². The van der Waals surface area contributed by atoms with E-state index in [-0.39, 0.29) is 0 Å². The third kappa shape index (κ3) is 2.76. The lowest BCUT2D eigenvalue weighted by molar-refractivity contribution is 0.337. The molecule has 0 saturated heterocycles. The quantitative estimate of drug-likeness (QED) is 0.490. The van der Waals surface area contributed by atoms with Crippen LogP contribution in [0.2, 0.25) is 0 Å². The molecule has 0 aromatic carbocycles. The Morgan fingerprint density at radius 1 is 1.42 bits per heavy atom. The fourth-order valence-corrected chi connectivity index (χ4v) is 2.24. The van der Waals surface area contributed by atoms with Gasteiger partial charge >= 0.3 is 0 Å². The van der Waals surface area contributed by atoms with Gasteiger partial charge in [-0.25, -0.2) is 0 Å². The van der Waals surface area contributed by atoms with Crippen LogP contribution in [0.25, 0.3) is 0 Å². The monoisotopic (exact) mass is 170 g/mol. The molecule has 0 aromatic rings. The largest absolute Gasteiger partial charge is 0.271 e. The predicted octanol–water partition coefficient (Wildman–Crippen LogP) is 2.20. The Morgan fingerprint density at radius 2 is 2.08 bits per heavy atom. The minimum Gasteiger partial charge on any atom is -0.271 e. The standard InChI is InChI=1S/C10H22N2/c1-2-3-8-10(12-11)9-6-4-5-7-9/h9-10,12H,2-8,11H2,1H3. The summed E-state index contributed by atoms with van der Waals surface area (Å²) in [4.78, 5) is 0. The summed E-state index contributed by atoms with van der Waals surface area (Å²) in [6.45, 7) is 2.24.